The van der Waals surface area contributed by atoms with Gasteiger partial charge in [0.05, 0.1) is 23.6 Å². The van der Waals surface area contributed by atoms with Gasteiger partial charge in [0.2, 0.25) is 11.8 Å². The molecule has 0 saturated carbocycles. The number of hydrogen-bond donors (Lipinski definition) is 0. The van der Waals surface area contributed by atoms with Crippen LogP contribution in [0.4, 0.5) is 5.69 Å². The molecular formula is C21H19NO8. The molecule has 3 heterocycles. The van der Waals surface area contributed by atoms with Gasteiger partial charge in [-0.15, -0.1) is 0 Å². The molecule has 1 aromatic carbocycles. The van der Waals surface area contributed by atoms with Crippen molar-refractivity contribution in [3.63, 3.8) is 0 Å². The summed E-state index contributed by atoms with van der Waals surface area (Å²) in [5.41, 5.74) is -0.826. The maximum absolute atomic E-state index is 13.3. The zero-order chi connectivity index (χ0) is 21.8. The lowest BCUT2D eigenvalue weighted by atomic mass is 9.76. The highest BCUT2D eigenvalue weighted by atomic mass is 16.7. The molecule has 0 aliphatic carbocycles. The van der Waals surface area contributed by atoms with Crippen LogP contribution in [0.1, 0.15) is 31.1 Å². The number of hydrogen-bond acceptors (Lipinski definition) is 8. The summed E-state index contributed by atoms with van der Waals surface area (Å²) in [6.07, 6.45) is 0.888. The molecular weight excluding hydrogens is 394 g/mol. The fourth-order valence-electron chi connectivity index (χ4n) is 4.32. The molecule has 2 amide bonds. The SMILES string of the molecule is CC(=O)OC(OC(C)=O)[C@@]12C=C[C@H](O1)[C@@H]1C(=O)N(c3ccc(C(C)=O)cc3)C(=O)[C@H]12. The zero-order valence-electron chi connectivity index (χ0n) is 16.5. The van der Waals surface area contributed by atoms with E-state index < -0.39 is 53.6 Å². The van der Waals surface area contributed by atoms with E-state index in [-0.39, 0.29) is 5.78 Å². The van der Waals surface area contributed by atoms with Gasteiger partial charge < -0.3 is 14.2 Å². The van der Waals surface area contributed by atoms with Gasteiger partial charge in [0.15, 0.2) is 11.4 Å². The quantitative estimate of drug-likeness (QED) is 0.232. The van der Waals surface area contributed by atoms with E-state index in [1.54, 1.807) is 6.08 Å². The second-order valence-electron chi connectivity index (χ2n) is 7.46. The zero-order valence-corrected chi connectivity index (χ0v) is 16.5. The topological polar surface area (TPSA) is 116 Å². The van der Waals surface area contributed by atoms with E-state index in [1.165, 1.54) is 37.3 Å². The molecule has 30 heavy (non-hydrogen) atoms. The van der Waals surface area contributed by atoms with Crippen molar-refractivity contribution in [3.05, 3.63) is 42.0 Å². The van der Waals surface area contributed by atoms with Crippen LogP contribution in [0.25, 0.3) is 0 Å². The van der Waals surface area contributed by atoms with Crippen LogP contribution in [-0.4, -0.2) is 47.5 Å². The van der Waals surface area contributed by atoms with Crippen LogP contribution in [0.15, 0.2) is 36.4 Å². The van der Waals surface area contributed by atoms with Gasteiger partial charge in [0.25, 0.3) is 6.29 Å². The first-order chi connectivity index (χ1) is 14.2. The number of rotatable bonds is 5. The Morgan fingerprint density at radius 2 is 1.60 bits per heavy atom. The van der Waals surface area contributed by atoms with Crippen molar-refractivity contribution < 1.29 is 38.2 Å². The van der Waals surface area contributed by atoms with Gasteiger partial charge in [0.1, 0.15) is 0 Å². The van der Waals surface area contributed by atoms with Crippen molar-refractivity contribution in [1.82, 2.24) is 0 Å². The Hall–Kier alpha value is -3.33. The number of nitrogens with zero attached hydrogens (tertiary/aromatic N) is 1. The third kappa shape index (κ3) is 2.85. The maximum Gasteiger partial charge on any atom is 0.305 e. The molecule has 2 saturated heterocycles. The van der Waals surface area contributed by atoms with E-state index in [4.69, 9.17) is 14.2 Å². The van der Waals surface area contributed by atoms with Crippen molar-refractivity contribution in [2.75, 3.05) is 4.90 Å². The lowest BCUT2D eigenvalue weighted by Gasteiger charge is -2.34. The second kappa shape index (κ2) is 6.88. The number of Topliss-reactive ketones (excluding diaryl/α,β-unsaturated/α-hetero) is 1. The Balaban J connectivity index is 1.71. The molecule has 2 bridgehead atoms. The molecule has 9 heteroatoms. The highest BCUT2D eigenvalue weighted by Gasteiger charge is 2.72. The molecule has 0 aromatic heterocycles. The minimum absolute atomic E-state index is 0.141. The summed E-state index contributed by atoms with van der Waals surface area (Å²) in [6.45, 7) is 3.70. The number of carbonyl (C=O) groups is 5. The standard InChI is InChI=1S/C21H19NO8/c1-10(23)13-4-6-14(7-5-13)22-18(26)16-15-8-9-21(30-15,17(16)19(22)27)20(28-11(2)24)29-12(3)25/h4-9,15-17,20H,1-3H3/t15-,16-,17-,21-/m0/s1. The molecule has 1 aromatic rings. The smallest absolute Gasteiger partial charge is 0.305 e. The lowest BCUT2D eigenvalue weighted by molar-refractivity contribution is -0.226. The van der Waals surface area contributed by atoms with Gasteiger partial charge in [0, 0.05) is 19.4 Å². The summed E-state index contributed by atoms with van der Waals surface area (Å²) in [4.78, 5) is 62.2. The summed E-state index contributed by atoms with van der Waals surface area (Å²) in [5.74, 6) is -4.50. The van der Waals surface area contributed by atoms with Crippen molar-refractivity contribution in [3.8, 4) is 0 Å². The maximum atomic E-state index is 13.3. The van der Waals surface area contributed by atoms with Crippen LogP contribution in [0.2, 0.25) is 0 Å². The molecule has 9 nitrogen and oxygen atoms in total. The van der Waals surface area contributed by atoms with E-state index in [9.17, 15) is 24.0 Å². The van der Waals surface area contributed by atoms with Gasteiger partial charge >= 0.3 is 11.9 Å². The summed E-state index contributed by atoms with van der Waals surface area (Å²) in [7, 11) is 0. The Bertz CT molecular complexity index is 981. The monoisotopic (exact) mass is 413 g/mol. The summed E-state index contributed by atoms with van der Waals surface area (Å²) in [5, 5.41) is 0. The van der Waals surface area contributed by atoms with Crippen LogP contribution in [0.5, 0.6) is 0 Å². The molecule has 0 spiro atoms. The van der Waals surface area contributed by atoms with Crippen LogP contribution >= 0.6 is 0 Å². The van der Waals surface area contributed by atoms with Crippen molar-refractivity contribution in [2.24, 2.45) is 11.8 Å². The number of ketones is 1. The molecule has 0 N–H and O–H groups in total. The van der Waals surface area contributed by atoms with Gasteiger partial charge in [-0.3, -0.25) is 24.0 Å². The highest BCUT2D eigenvalue weighted by Crippen LogP contribution is 2.54. The summed E-state index contributed by atoms with van der Waals surface area (Å²) in [6, 6.07) is 6.11. The molecule has 2 fully saturated rings. The van der Waals surface area contributed by atoms with Crippen LogP contribution < -0.4 is 4.90 Å². The minimum atomic E-state index is -1.59. The molecule has 3 aliphatic rings. The molecule has 4 atom stereocenters. The van der Waals surface area contributed by atoms with Crippen molar-refractivity contribution in [2.45, 2.75) is 38.8 Å². The largest absolute Gasteiger partial charge is 0.422 e. The molecule has 4 rings (SSSR count). The number of anilines is 1. The Morgan fingerprint density at radius 3 is 2.13 bits per heavy atom. The fraction of sp³-hybridized carbons (Fsp3) is 0.381. The van der Waals surface area contributed by atoms with Gasteiger partial charge in [-0.05, 0) is 37.3 Å². The van der Waals surface area contributed by atoms with Gasteiger partial charge in [-0.25, -0.2) is 4.90 Å². The number of benzene rings is 1. The molecule has 0 radical (unpaired) electrons. The third-order valence-corrected chi connectivity index (χ3v) is 5.52. The fourth-order valence-corrected chi connectivity index (χ4v) is 4.32. The lowest BCUT2D eigenvalue weighted by Crippen LogP contribution is -2.52. The van der Waals surface area contributed by atoms with E-state index in [0.717, 1.165) is 18.7 Å². The predicted molar refractivity (Wildman–Crippen MR) is 100.0 cm³/mol. The van der Waals surface area contributed by atoms with E-state index in [1.807, 2.05) is 0 Å². The van der Waals surface area contributed by atoms with Crippen molar-refractivity contribution in [1.29, 1.82) is 0 Å². The molecule has 156 valence electrons. The number of amides is 2. The highest BCUT2D eigenvalue weighted by molar-refractivity contribution is 6.23. The minimum Gasteiger partial charge on any atom is -0.422 e. The predicted octanol–water partition coefficient (Wildman–Crippen LogP) is 1.15. The average Bonchev–Trinajstić information content (AvgIpc) is 3.32. The first-order valence-corrected chi connectivity index (χ1v) is 9.36. The summed E-state index contributed by atoms with van der Waals surface area (Å²) < 4.78 is 16.2. The Labute approximate surface area is 171 Å². The summed E-state index contributed by atoms with van der Waals surface area (Å²) >= 11 is 0. The van der Waals surface area contributed by atoms with Crippen LogP contribution in [-0.2, 0) is 33.4 Å². The Kier molecular flexibility index (Phi) is 4.58. The van der Waals surface area contributed by atoms with Crippen LogP contribution in [0, 0.1) is 11.8 Å². The normalized spacial score (nSPS) is 28.8. The van der Waals surface area contributed by atoms with E-state index >= 15 is 0 Å². The first-order valence-electron chi connectivity index (χ1n) is 9.36. The number of carbonyl (C=O) groups excluding carboxylic acids is 5. The number of esters is 2. The number of ether oxygens (including phenoxy) is 3. The van der Waals surface area contributed by atoms with Crippen LogP contribution in [0.3, 0.4) is 0 Å². The van der Waals surface area contributed by atoms with E-state index in [2.05, 4.69) is 0 Å². The number of fused-ring (bicyclic) bond motifs is 5. The molecule has 0 unspecified atom stereocenters. The number of imide groups is 1. The average molecular weight is 413 g/mol. The second-order valence-corrected chi connectivity index (χ2v) is 7.46. The third-order valence-electron chi connectivity index (χ3n) is 5.52. The first kappa shape index (κ1) is 20.0. The van der Waals surface area contributed by atoms with E-state index in [0.29, 0.717) is 11.3 Å². The van der Waals surface area contributed by atoms with Crippen molar-refractivity contribution >= 4 is 35.2 Å². The molecule has 3 aliphatic heterocycles. The van der Waals surface area contributed by atoms with Gasteiger partial charge in [-0.1, -0.05) is 6.08 Å². The van der Waals surface area contributed by atoms with Gasteiger partial charge in [-0.2, -0.15) is 0 Å². The Morgan fingerprint density at radius 1 is 1.00 bits per heavy atom.